The minimum atomic E-state index is -0.102. The van der Waals surface area contributed by atoms with E-state index in [2.05, 4.69) is 60.4 Å². The van der Waals surface area contributed by atoms with Gasteiger partial charge in [-0.2, -0.15) is 0 Å². The molecule has 24 heavy (non-hydrogen) atoms. The number of nitrogens with zero attached hydrogens (tertiary/aromatic N) is 1. The van der Waals surface area contributed by atoms with Crippen LogP contribution in [0.25, 0.3) is 0 Å². The van der Waals surface area contributed by atoms with Crippen molar-refractivity contribution in [1.29, 1.82) is 0 Å². The summed E-state index contributed by atoms with van der Waals surface area (Å²) in [5, 5.41) is 0. The summed E-state index contributed by atoms with van der Waals surface area (Å²) in [4.78, 5) is 14.6. The van der Waals surface area contributed by atoms with E-state index in [9.17, 15) is 4.79 Å². The first kappa shape index (κ1) is 16.7. The van der Waals surface area contributed by atoms with Gasteiger partial charge >= 0.3 is 5.97 Å². The molecule has 1 saturated heterocycles. The third kappa shape index (κ3) is 3.68. The number of hydrogen-bond donors (Lipinski definition) is 0. The summed E-state index contributed by atoms with van der Waals surface area (Å²) in [7, 11) is 1.49. The number of carbonyl (C=O) groups is 1. The average molecular weight is 323 g/mol. The Bertz CT molecular complexity index is 666. The van der Waals surface area contributed by atoms with Crippen molar-refractivity contribution in [1.82, 2.24) is 4.90 Å². The molecule has 1 heterocycles. The fourth-order valence-corrected chi connectivity index (χ4v) is 3.58. The third-order valence-electron chi connectivity index (χ3n) is 4.96. The molecule has 0 spiro atoms. The lowest BCUT2D eigenvalue weighted by Crippen LogP contribution is -2.24. The van der Waals surface area contributed by atoms with Crippen LogP contribution in [0.5, 0.6) is 0 Å². The van der Waals surface area contributed by atoms with Gasteiger partial charge in [0.2, 0.25) is 0 Å². The van der Waals surface area contributed by atoms with Crippen molar-refractivity contribution in [3.63, 3.8) is 0 Å². The summed E-state index contributed by atoms with van der Waals surface area (Å²) >= 11 is 0. The molecule has 0 unspecified atom stereocenters. The molecule has 126 valence electrons. The van der Waals surface area contributed by atoms with E-state index in [4.69, 9.17) is 4.74 Å². The normalized spacial score (nSPS) is 20.9. The summed E-state index contributed by atoms with van der Waals surface area (Å²) < 4.78 is 5.06. The summed E-state index contributed by atoms with van der Waals surface area (Å²) in [6.45, 7) is 4.67. The Morgan fingerprint density at radius 2 is 1.75 bits per heavy atom. The van der Waals surface area contributed by atoms with Crippen LogP contribution in [-0.4, -0.2) is 31.1 Å². The Kier molecular flexibility index (Phi) is 5.31. The molecule has 0 amide bonds. The number of methoxy groups -OCH3 is 1. The van der Waals surface area contributed by atoms with Crippen LogP contribution in [0.2, 0.25) is 0 Å². The van der Waals surface area contributed by atoms with Crippen molar-refractivity contribution in [2.24, 2.45) is 5.92 Å². The van der Waals surface area contributed by atoms with Gasteiger partial charge in [0.15, 0.2) is 0 Å². The van der Waals surface area contributed by atoms with E-state index in [1.165, 1.54) is 23.8 Å². The number of benzene rings is 2. The maximum atomic E-state index is 12.3. The monoisotopic (exact) mass is 323 g/mol. The molecule has 0 aromatic heterocycles. The van der Waals surface area contributed by atoms with Gasteiger partial charge in [-0.3, -0.25) is 9.69 Å². The SMILES string of the molecule is CCc1ccc([C@H]2CN(Cc3ccccc3)C[C@@H]2C(=O)OC)cc1. The van der Waals surface area contributed by atoms with Gasteiger partial charge in [0.25, 0.3) is 0 Å². The standard InChI is InChI=1S/C21H25NO2/c1-3-16-9-11-18(12-10-16)19-14-22(15-20(19)21(23)24-2)13-17-7-5-4-6-8-17/h4-12,19-20H,3,13-15H2,1-2H3/t19-,20+/m1/s1. The Balaban J connectivity index is 1.78. The van der Waals surface area contributed by atoms with Gasteiger partial charge < -0.3 is 4.74 Å². The van der Waals surface area contributed by atoms with E-state index in [0.717, 1.165) is 26.1 Å². The van der Waals surface area contributed by atoms with Crippen LogP contribution < -0.4 is 0 Å². The molecule has 1 aliphatic heterocycles. The van der Waals surface area contributed by atoms with Crippen LogP contribution in [0.15, 0.2) is 54.6 Å². The Morgan fingerprint density at radius 1 is 1.04 bits per heavy atom. The number of aryl methyl sites for hydroxylation is 1. The summed E-state index contributed by atoms with van der Waals surface area (Å²) in [6, 6.07) is 19.1. The van der Waals surface area contributed by atoms with Crippen LogP contribution in [0.4, 0.5) is 0 Å². The lowest BCUT2D eigenvalue weighted by Gasteiger charge is -2.17. The van der Waals surface area contributed by atoms with Crippen molar-refractivity contribution in [2.45, 2.75) is 25.8 Å². The molecule has 0 bridgehead atoms. The van der Waals surface area contributed by atoms with Crippen molar-refractivity contribution in [2.75, 3.05) is 20.2 Å². The zero-order valence-corrected chi connectivity index (χ0v) is 14.4. The van der Waals surface area contributed by atoms with Crippen molar-refractivity contribution >= 4 is 5.97 Å². The van der Waals surface area contributed by atoms with Crippen LogP contribution in [-0.2, 0) is 22.5 Å². The van der Waals surface area contributed by atoms with E-state index >= 15 is 0 Å². The zero-order chi connectivity index (χ0) is 16.9. The molecule has 2 atom stereocenters. The second-order valence-electron chi connectivity index (χ2n) is 6.51. The van der Waals surface area contributed by atoms with Crippen LogP contribution in [0.1, 0.15) is 29.5 Å². The zero-order valence-electron chi connectivity index (χ0n) is 14.4. The first-order chi connectivity index (χ1) is 11.7. The summed E-state index contributed by atoms with van der Waals surface area (Å²) in [6.07, 6.45) is 1.03. The van der Waals surface area contributed by atoms with E-state index < -0.39 is 0 Å². The molecule has 2 aromatic carbocycles. The van der Waals surface area contributed by atoms with Crippen LogP contribution in [0, 0.1) is 5.92 Å². The summed E-state index contributed by atoms with van der Waals surface area (Å²) in [5.74, 6) is 0.00777. The minimum Gasteiger partial charge on any atom is -0.469 e. The molecule has 2 aromatic rings. The molecule has 0 N–H and O–H groups in total. The largest absolute Gasteiger partial charge is 0.469 e. The van der Waals surface area contributed by atoms with E-state index in [1.807, 2.05) is 6.07 Å². The lowest BCUT2D eigenvalue weighted by atomic mass is 9.88. The van der Waals surface area contributed by atoms with E-state index in [-0.39, 0.29) is 17.8 Å². The molecule has 3 heteroatoms. The van der Waals surface area contributed by atoms with Gasteiger partial charge in [0.05, 0.1) is 13.0 Å². The van der Waals surface area contributed by atoms with E-state index in [1.54, 1.807) is 0 Å². The van der Waals surface area contributed by atoms with Gasteiger partial charge in [-0.25, -0.2) is 0 Å². The van der Waals surface area contributed by atoms with E-state index in [0.29, 0.717) is 0 Å². The molecular formula is C21H25NO2. The fourth-order valence-electron chi connectivity index (χ4n) is 3.58. The molecule has 0 radical (unpaired) electrons. The smallest absolute Gasteiger partial charge is 0.310 e. The highest BCUT2D eigenvalue weighted by Crippen LogP contribution is 2.34. The molecule has 3 rings (SSSR count). The Labute approximate surface area is 144 Å². The highest BCUT2D eigenvalue weighted by Gasteiger charge is 2.39. The van der Waals surface area contributed by atoms with Crippen molar-refractivity contribution < 1.29 is 9.53 Å². The highest BCUT2D eigenvalue weighted by molar-refractivity contribution is 5.74. The predicted molar refractivity (Wildman–Crippen MR) is 95.8 cm³/mol. The van der Waals surface area contributed by atoms with Gasteiger partial charge in [0.1, 0.15) is 0 Å². The van der Waals surface area contributed by atoms with Gasteiger partial charge in [-0.05, 0) is 23.1 Å². The van der Waals surface area contributed by atoms with Gasteiger partial charge in [-0.15, -0.1) is 0 Å². The molecule has 0 aliphatic carbocycles. The van der Waals surface area contributed by atoms with Gasteiger partial charge in [0, 0.05) is 25.6 Å². The second kappa shape index (κ2) is 7.63. The molecular weight excluding hydrogens is 298 g/mol. The van der Waals surface area contributed by atoms with Gasteiger partial charge in [-0.1, -0.05) is 61.5 Å². The second-order valence-corrected chi connectivity index (χ2v) is 6.51. The Hall–Kier alpha value is -2.13. The predicted octanol–water partition coefficient (Wildman–Crippen LogP) is 3.64. The summed E-state index contributed by atoms with van der Waals surface area (Å²) in [5.41, 5.74) is 3.84. The number of esters is 1. The first-order valence-corrected chi connectivity index (χ1v) is 8.64. The Morgan fingerprint density at radius 3 is 2.38 bits per heavy atom. The minimum absolute atomic E-state index is 0.0915. The highest BCUT2D eigenvalue weighted by atomic mass is 16.5. The number of ether oxygens (including phenoxy) is 1. The molecule has 3 nitrogen and oxygen atoms in total. The van der Waals surface area contributed by atoms with Crippen molar-refractivity contribution in [3.05, 3.63) is 71.3 Å². The number of likely N-dealkylation sites (tertiary alicyclic amines) is 1. The maximum Gasteiger partial charge on any atom is 0.310 e. The molecule has 1 aliphatic rings. The number of rotatable bonds is 5. The van der Waals surface area contributed by atoms with Crippen LogP contribution >= 0.6 is 0 Å². The average Bonchev–Trinajstić information content (AvgIpc) is 3.05. The van der Waals surface area contributed by atoms with Crippen LogP contribution in [0.3, 0.4) is 0 Å². The maximum absolute atomic E-state index is 12.3. The number of carbonyl (C=O) groups excluding carboxylic acids is 1. The molecule has 0 saturated carbocycles. The third-order valence-corrected chi connectivity index (χ3v) is 4.96. The lowest BCUT2D eigenvalue weighted by molar-refractivity contribution is -0.145. The first-order valence-electron chi connectivity index (χ1n) is 8.64. The fraction of sp³-hybridized carbons (Fsp3) is 0.381. The quantitative estimate of drug-likeness (QED) is 0.787. The topological polar surface area (TPSA) is 29.5 Å². The molecule has 1 fully saturated rings. The van der Waals surface area contributed by atoms with Crippen molar-refractivity contribution in [3.8, 4) is 0 Å². The number of hydrogen-bond acceptors (Lipinski definition) is 3.